The highest BCUT2D eigenvalue weighted by atomic mass is 16.5. The molecule has 4 unspecified atom stereocenters. The van der Waals surface area contributed by atoms with Crippen molar-refractivity contribution in [2.45, 2.75) is 70.2 Å². The lowest BCUT2D eigenvalue weighted by Crippen LogP contribution is -2.46. The first kappa shape index (κ1) is 12.9. The molecule has 104 valence electrons. The Kier molecular flexibility index (Phi) is 3.92. The Morgan fingerprint density at radius 1 is 1.06 bits per heavy atom. The van der Waals surface area contributed by atoms with Crippen molar-refractivity contribution in [1.82, 2.24) is 10.2 Å². The van der Waals surface area contributed by atoms with Crippen molar-refractivity contribution < 1.29 is 4.74 Å². The Hall–Kier alpha value is -0.120. The van der Waals surface area contributed by atoms with Gasteiger partial charge in [-0.1, -0.05) is 0 Å². The lowest BCUT2D eigenvalue weighted by atomic mass is 9.89. The molecule has 3 rings (SSSR count). The molecule has 2 bridgehead atoms. The third-order valence-corrected chi connectivity index (χ3v) is 4.92. The molecule has 3 aliphatic heterocycles. The van der Waals surface area contributed by atoms with E-state index in [2.05, 4.69) is 24.1 Å². The van der Waals surface area contributed by atoms with Gasteiger partial charge >= 0.3 is 0 Å². The molecule has 18 heavy (non-hydrogen) atoms. The summed E-state index contributed by atoms with van der Waals surface area (Å²) in [6, 6.07) is 1.69. The minimum absolute atomic E-state index is 0.415. The van der Waals surface area contributed by atoms with Gasteiger partial charge in [0.2, 0.25) is 0 Å². The molecule has 3 aliphatic rings. The summed E-state index contributed by atoms with van der Waals surface area (Å²) < 4.78 is 5.80. The minimum Gasteiger partial charge on any atom is -0.373 e. The second kappa shape index (κ2) is 5.48. The first-order valence-electron chi connectivity index (χ1n) is 7.83. The van der Waals surface area contributed by atoms with Crippen molar-refractivity contribution in [1.29, 1.82) is 0 Å². The van der Waals surface area contributed by atoms with E-state index in [4.69, 9.17) is 4.74 Å². The van der Waals surface area contributed by atoms with E-state index in [1.54, 1.807) is 0 Å². The zero-order chi connectivity index (χ0) is 12.5. The van der Waals surface area contributed by atoms with E-state index in [9.17, 15) is 0 Å². The van der Waals surface area contributed by atoms with Crippen LogP contribution < -0.4 is 5.32 Å². The molecule has 3 heterocycles. The fraction of sp³-hybridized carbons (Fsp3) is 1.00. The predicted octanol–water partition coefficient (Wildman–Crippen LogP) is 2.02. The second-order valence-corrected chi connectivity index (χ2v) is 6.78. The van der Waals surface area contributed by atoms with E-state index in [1.807, 2.05) is 0 Å². The third kappa shape index (κ3) is 3.06. The highest BCUT2D eigenvalue weighted by Crippen LogP contribution is 2.32. The van der Waals surface area contributed by atoms with Crippen LogP contribution in [0.25, 0.3) is 0 Å². The molecular weight excluding hydrogens is 224 g/mol. The van der Waals surface area contributed by atoms with Crippen LogP contribution >= 0.6 is 0 Å². The van der Waals surface area contributed by atoms with Gasteiger partial charge < -0.3 is 10.1 Å². The molecule has 0 spiro atoms. The molecule has 4 atom stereocenters. The Morgan fingerprint density at radius 2 is 1.67 bits per heavy atom. The summed E-state index contributed by atoms with van der Waals surface area (Å²) in [6.07, 6.45) is 7.92. The fourth-order valence-electron chi connectivity index (χ4n) is 4.24. The maximum atomic E-state index is 5.80. The van der Waals surface area contributed by atoms with Crippen LogP contribution in [0.3, 0.4) is 0 Å². The van der Waals surface area contributed by atoms with E-state index in [1.165, 1.54) is 38.6 Å². The topological polar surface area (TPSA) is 24.5 Å². The lowest BCUT2D eigenvalue weighted by Gasteiger charge is -2.37. The highest BCUT2D eigenvalue weighted by Gasteiger charge is 2.33. The van der Waals surface area contributed by atoms with Gasteiger partial charge in [0.05, 0.1) is 12.2 Å². The van der Waals surface area contributed by atoms with Crippen LogP contribution in [0.5, 0.6) is 0 Å². The summed E-state index contributed by atoms with van der Waals surface area (Å²) in [6.45, 7) is 7.94. The fourth-order valence-corrected chi connectivity index (χ4v) is 4.24. The zero-order valence-corrected chi connectivity index (χ0v) is 11.9. The van der Waals surface area contributed by atoms with Gasteiger partial charge in [-0.3, -0.25) is 4.90 Å². The summed E-state index contributed by atoms with van der Waals surface area (Å²) in [5.41, 5.74) is 0. The molecule has 0 aromatic heterocycles. The van der Waals surface area contributed by atoms with Crippen LogP contribution in [-0.2, 0) is 4.74 Å². The van der Waals surface area contributed by atoms with Gasteiger partial charge in [-0.25, -0.2) is 0 Å². The number of nitrogens with zero attached hydrogens (tertiary/aromatic N) is 1. The van der Waals surface area contributed by atoms with Gasteiger partial charge in [-0.2, -0.15) is 0 Å². The smallest absolute Gasteiger partial charge is 0.0678 e. The Bertz CT molecular complexity index is 260. The van der Waals surface area contributed by atoms with Crippen LogP contribution in [0.1, 0.15) is 46.0 Å². The predicted molar refractivity (Wildman–Crippen MR) is 73.7 cm³/mol. The van der Waals surface area contributed by atoms with Gasteiger partial charge in [0, 0.05) is 25.2 Å². The van der Waals surface area contributed by atoms with Crippen LogP contribution in [0.15, 0.2) is 0 Å². The van der Waals surface area contributed by atoms with E-state index in [0.29, 0.717) is 12.2 Å². The van der Waals surface area contributed by atoms with E-state index >= 15 is 0 Å². The minimum atomic E-state index is 0.415. The number of rotatable bonds is 3. The Labute approximate surface area is 111 Å². The zero-order valence-electron chi connectivity index (χ0n) is 11.9. The first-order chi connectivity index (χ1) is 8.69. The van der Waals surface area contributed by atoms with Crippen molar-refractivity contribution >= 4 is 0 Å². The summed E-state index contributed by atoms with van der Waals surface area (Å²) in [5, 5.41) is 3.74. The van der Waals surface area contributed by atoms with Crippen LogP contribution in [0.4, 0.5) is 0 Å². The number of nitrogens with one attached hydrogen (secondary N) is 1. The van der Waals surface area contributed by atoms with Crippen molar-refractivity contribution in [2.24, 2.45) is 5.92 Å². The molecule has 0 radical (unpaired) electrons. The number of fused-ring (bicyclic) bond motifs is 2. The number of hydrogen-bond donors (Lipinski definition) is 1. The Morgan fingerprint density at radius 3 is 2.28 bits per heavy atom. The molecule has 3 nitrogen and oxygen atoms in total. The van der Waals surface area contributed by atoms with Gasteiger partial charge in [-0.15, -0.1) is 0 Å². The molecule has 0 aliphatic carbocycles. The molecule has 0 saturated carbocycles. The summed E-state index contributed by atoms with van der Waals surface area (Å²) in [4.78, 5) is 2.61. The lowest BCUT2D eigenvalue weighted by molar-refractivity contribution is -0.0692. The highest BCUT2D eigenvalue weighted by molar-refractivity contribution is 4.92. The molecule has 3 fully saturated rings. The second-order valence-electron chi connectivity index (χ2n) is 6.78. The van der Waals surface area contributed by atoms with Crippen LogP contribution in [0, 0.1) is 5.92 Å². The number of morpholine rings is 1. The van der Waals surface area contributed by atoms with E-state index in [0.717, 1.165) is 31.1 Å². The molecule has 3 saturated heterocycles. The average molecular weight is 252 g/mol. The van der Waals surface area contributed by atoms with Crippen LogP contribution in [-0.4, -0.2) is 48.8 Å². The normalized spacial score (nSPS) is 45.3. The van der Waals surface area contributed by atoms with E-state index in [-0.39, 0.29) is 0 Å². The van der Waals surface area contributed by atoms with E-state index < -0.39 is 0 Å². The van der Waals surface area contributed by atoms with Gasteiger partial charge in [-0.05, 0) is 58.4 Å². The number of hydrogen-bond acceptors (Lipinski definition) is 3. The van der Waals surface area contributed by atoms with Gasteiger partial charge in [0.1, 0.15) is 0 Å². The van der Waals surface area contributed by atoms with Crippen molar-refractivity contribution in [3.8, 4) is 0 Å². The summed E-state index contributed by atoms with van der Waals surface area (Å²) >= 11 is 0. The summed E-state index contributed by atoms with van der Waals surface area (Å²) in [5.74, 6) is 0.970. The molecule has 3 heteroatoms. The molecule has 0 aromatic rings. The first-order valence-corrected chi connectivity index (χ1v) is 7.83. The van der Waals surface area contributed by atoms with Gasteiger partial charge in [0.15, 0.2) is 0 Å². The average Bonchev–Trinajstić information content (AvgIpc) is 2.65. The molecule has 0 amide bonds. The van der Waals surface area contributed by atoms with Gasteiger partial charge in [0.25, 0.3) is 0 Å². The number of ether oxygens (including phenoxy) is 1. The summed E-state index contributed by atoms with van der Waals surface area (Å²) in [7, 11) is 0. The molecular formula is C15H28N2O. The third-order valence-electron chi connectivity index (χ3n) is 4.92. The maximum absolute atomic E-state index is 5.80. The van der Waals surface area contributed by atoms with Crippen molar-refractivity contribution in [3.05, 3.63) is 0 Å². The molecule has 0 aromatic carbocycles. The van der Waals surface area contributed by atoms with Crippen molar-refractivity contribution in [3.63, 3.8) is 0 Å². The number of piperidine rings is 1. The monoisotopic (exact) mass is 252 g/mol. The Balaban J connectivity index is 1.43. The maximum Gasteiger partial charge on any atom is 0.0678 e. The largest absolute Gasteiger partial charge is 0.373 e. The molecule has 1 N–H and O–H groups in total. The SMILES string of the molecule is CC1CN(CCC2CC3CCC(C2)N3)CC(C)O1. The van der Waals surface area contributed by atoms with Crippen molar-refractivity contribution in [2.75, 3.05) is 19.6 Å². The quantitative estimate of drug-likeness (QED) is 0.831. The van der Waals surface area contributed by atoms with Crippen LogP contribution in [0.2, 0.25) is 0 Å². The standard InChI is InChI=1S/C15H28N2O/c1-11-9-17(10-12(2)18-11)6-5-13-7-14-3-4-15(8-13)16-14/h11-16H,3-10H2,1-2H3.